The zero-order valence-corrected chi connectivity index (χ0v) is 14.9. The van der Waals surface area contributed by atoms with Crippen LogP contribution >= 0.6 is 11.3 Å². The average Bonchev–Trinajstić information content (AvgIpc) is 3.28. The summed E-state index contributed by atoms with van der Waals surface area (Å²) in [7, 11) is 2.18. The van der Waals surface area contributed by atoms with E-state index in [0.29, 0.717) is 11.6 Å². The topological polar surface area (TPSA) is 64.2 Å². The first-order valence-electron chi connectivity index (χ1n) is 8.79. The van der Waals surface area contributed by atoms with Gasteiger partial charge in [0.05, 0.1) is 17.3 Å². The molecular formula is C18H24N4OS. The quantitative estimate of drug-likeness (QED) is 0.927. The van der Waals surface area contributed by atoms with Crippen molar-refractivity contribution in [2.45, 2.75) is 51.1 Å². The standard InChI is InChI=1S/C18H24N4OS/c1-21-15-6-3-2-5-14(15)20-18(21)16-7-4-8-22(16)10-13-9-12(11-24-13)17(19)23/h9,11,16H,2-8,10H2,1H3,(H2,19,23)/t16-/m0/s1. The van der Waals surface area contributed by atoms with E-state index in [1.165, 1.54) is 47.8 Å². The highest BCUT2D eigenvalue weighted by molar-refractivity contribution is 7.10. The maximum Gasteiger partial charge on any atom is 0.249 e. The number of likely N-dealkylation sites (tertiary alicyclic amines) is 1. The SMILES string of the molecule is Cn1c([C@@H]2CCCN2Cc2cc(C(N)=O)cs2)nc2c1CCCC2. The number of amides is 1. The second-order valence-electron chi connectivity index (χ2n) is 6.92. The van der Waals surface area contributed by atoms with Gasteiger partial charge in [-0.25, -0.2) is 4.98 Å². The predicted octanol–water partition coefficient (Wildman–Crippen LogP) is 2.80. The highest BCUT2D eigenvalue weighted by atomic mass is 32.1. The minimum absolute atomic E-state index is 0.341. The van der Waals surface area contributed by atoms with Crippen molar-refractivity contribution in [2.24, 2.45) is 12.8 Å². The van der Waals surface area contributed by atoms with Gasteiger partial charge in [-0.05, 0) is 51.1 Å². The Bertz CT molecular complexity index is 763. The lowest BCUT2D eigenvalue weighted by molar-refractivity contribution is 0.100. The van der Waals surface area contributed by atoms with E-state index in [2.05, 4.69) is 16.5 Å². The molecule has 2 aliphatic rings. The van der Waals surface area contributed by atoms with Crippen molar-refractivity contribution < 1.29 is 4.79 Å². The van der Waals surface area contributed by atoms with E-state index in [9.17, 15) is 4.79 Å². The molecule has 1 atom stereocenters. The van der Waals surface area contributed by atoms with Gasteiger partial charge in [0.25, 0.3) is 0 Å². The first-order valence-corrected chi connectivity index (χ1v) is 9.67. The van der Waals surface area contributed by atoms with E-state index in [1.807, 2.05) is 11.4 Å². The van der Waals surface area contributed by atoms with Crippen LogP contribution in [0, 0.1) is 0 Å². The molecule has 6 heteroatoms. The van der Waals surface area contributed by atoms with Crippen molar-refractivity contribution >= 4 is 17.2 Å². The molecule has 5 nitrogen and oxygen atoms in total. The van der Waals surface area contributed by atoms with E-state index < -0.39 is 0 Å². The molecule has 0 unspecified atom stereocenters. The smallest absolute Gasteiger partial charge is 0.249 e. The molecule has 0 bridgehead atoms. The Labute approximate surface area is 146 Å². The van der Waals surface area contributed by atoms with Crippen LogP contribution in [-0.4, -0.2) is 26.9 Å². The molecule has 2 aromatic rings. The van der Waals surface area contributed by atoms with Crippen molar-refractivity contribution in [1.29, 1.82) is 0 Å². The van der Waals surface area contributed by atoms with Gasteiger partial charge in [-0.15, -0.1) is 11.3 Å². The number of nitrogens with zero attached hydrogens (tertiary/aromatic N) is 3. The Morgan fingerprint density at radius 3 is 2.96 bits per heavy atom. The summed E-state index contributed by atoms with van der Waals surface area (Å²) in [5.41, 5.74) is 8.75. The maximum absolute atomic E-state index is 11.3. The third-order valence-corrected chi connectivity index (χ3v) is 6.29. The van der Waals surface area contributed by atoms with E-state index in [1.54, 1.807) is 11.3 Å². The maximum atomic E-state index is 11.3. The van der Waals surface area contributed by atoms with Crippen molar-refractivity contribution in [3.8, 4) is 0 Å². The summed E-state index contributed by atoms with van der Waals surface area (Å²) < 4.78 is 2.35. The minimum atomic E-state index is -0.341. The van der Waals surface area contributed by atoms with Crippen molar-refractivity contribution in [2.75, 3.05) is 6.54 Å². The lowest BCUT2D eigenvalue weighted by Crippen LogP contribution is -2.24. The van der Waals surface area contributed by atoms with Gasteiger partial charge < -0.3 is 10.3 Å². The van der Waals surface area contributed by atoms with Gasteiger partial charge in [-0.1, -0.05) is 0 Å². The van der Waals surface area contributed by atoms with Crippen LogP contribution in [0.15, 0.2) is 11.4 Å². The highest BCUT2D eigenvalue weighted by Crippen LogP contribution is 2.35. The molecule has 0 saturated carbocycles. The number of imidazole rings is 1. The molecule has 3 heterocycles. The first-order chi connectivity index (χ1) is 11.6. The van der Waals surface area contributed by atoms with Crippen LogP contribution in [0.3, 0.4) is 0 Å². The van der Waals surface area contributed by atoms with Gasteiger partial charge in [0, 0.05) is 29.5 Å². The molecule has 1 fully saturated rings. The zero-order chi connectivity index (χ0) is 16.7. The van der Waals surface area contributed by atoms with Crippen molar-refractivity contribution in [3.63, 3.8) is 0 Å². The van der Waals surface area contributed by atoms with Crippen LogP contribution in [0.5, 0.6) is 0 Å². The number of nitrogens with two attached hydrogens (primary N) is 1. The number of thiophene rings is 1. The van der Waals surface area contributed by atoms with Crippen molar-refractivity contribution in [1.82, 2.24) is 14.5 Å². The number of carbonyl (C=O) groups is 1. The predicted molar refractivity (Wildman–Crippen MR) is 95.1 cm³/mol. The van der Waals surface area contributed by atoms with Gasteiger partial charge in [-0.2, -0.15) is 0 Å². The summed E-state index contributed by atoms with van der Waals surface area (Å²) in [5, 5.41) is 1.86. The summed E-state index contributed by atoms with van der Waals surface area (Å²) in [6.45, 7) is 1.96. The van der Waals surface area contributed by atoms with Gasteiger partial charge >= 0.3 is 0 Å². The second-order valence-corrected chi connectivity index (χ2v) is 7.92. The summed E-state index contributed by atoms with van der Waals surface area (Å²) in [6.07, 6.45) is 7.21. The normalized spacial score (nSPS) is 21.1. The van der Waals surface area contributed by atoms with Gasteiger partial charge in [-0.3, -0.25) is 9.69 Å². The van der Waals surface area contributed by atoms with Crippen LogP contribution in [0.4, 0.5) is 0 Å². The molecule has 1 saturated heterocycles. The number of carbonyl (C=O) groups excluding carboxylic acids is 1. The lowest BCUT2D eigenvalue weighted by Gasteiger charge is -2.23. The van der Waals surface area contributed by atoms with Gasteiger partial charge in [0.1, 0.15) is 5.82 Å². The number of aryl methyl sites for hydroxylation is 1. The monoisotopic (exact) mass is 344 g/mol. The van der Waals surface area contributed by atoms with Crippen molar-refractivity contribution in [3.05, 3.63) is 39.1 Å². The number of hydrogen-bond donors (Lipinski definition) is 1. The fourth-order valence-corrected chi connectivity index (χ4v) is 5.00. The third-order valence-electron chi connectivity index (χ3n) is 5.37. The molecule has 1 aliphatic heterocycles. The Balaban J connectivity index is 1.56. The minimum Gasteiger partial charge on any atom is -0.366 e. The van der Waals surface area contributed by atoms with E-state index >= 15 is 0 Å². The first kappa shape index (κ1) is 15.8. The molecule has 2 aromatic heterocycles. The Hall–Kier alpha value is -1.66. The molecule has 4 rings (SSSR count). The summed E-state index contributed by atoms with van der Waals surface area (Å²) in [5.74, 6) is 0.887. The van der Waals surface area contributed by atoms with Crippen LogP contribution in [0.1, 0.15) is 64.2 Å². The molecule has 0 aromatic carbocycles. The van der Waals surface area contributed by atoms with Crippen LogP contribution in [0.2, 0.25) is 0 Å². The van der Waals surface area contributed by atoms with E-state index in [4.69, 9.17) is 10.7 Å². The van der Waals surface area contributed by atoms with Gasteiger partial charge in [0.2, 0.25) is 5.91 Å². The fraction of sp³-hybridized carbons (Fsp3) is 0.556. The molecule has 2 N–H and O–H groups in total. The molecular weight excluding hydrogens is 320 g/mol. The average molecular weight is 344 g/mol. The Morgan fingerprint density at radius 1 is 1.38 bits per heavy atom. The molecule has 1 aliphatic carbocycles. The lowest BCUT2D eigenvalue weighted by atomic mass is 10.0. The number of aromatic nitrogens is 2. The third kappa shape index (κ3) is 2.78. The molecule has 24 heavy (non-hydrogen) atoms. The van der Waals surface area contributed by atoms with E-state index in [0.717, 1.165) is 25.9 Å². The Morgan fingerprint density at radius 2 is 2.21 bits per heavy atom. The fourth-order valence-electron chi connectivity index (χ4n) is 4.11. The largest absolute Gasteiger partial charge is 0.366 e. The van der Waals surface area contributed by atoms with Crippen LogP contribution in [0.25, 0.3) is 0 Å². The summed E-state index contributed by atoms with van der Waals surface area (Å²) in [4.78, 5) is 20.0. The number of fused-ring (bicyclic) bond motifs is 1. The van der Waals surface area contributed by atoms with Gasteiger partial charge in [0.15, 0.2) is 0 Å². The Kier molecular flexibility index (Phi) is 4.18. The number of rotatable bonds is 4. The molecule has 0 spiro atoms. The van der Waals surface area contributed by atoms with Crippen LogP contribution < -0.4 is 5.73 Å². The molecule has 1 amide bonds. The highest BCUT2D eigenvalue weighted by Gasteiger charge is 2.31. The summed E-state index contributed by atoms with van der Waals surface area (Å²) >= 11 is 1.62. The number of primary amides is 1. The zero-order valence-electron chi connectivity index (χ0n) is 14.1. The number of hydrogen-bond acceptors (Lipinski definition) is 4. The van der Waals surface area contributed by atoms with E-state index in [-0.39, 0.29) is 5.91 Å². The molecule has 128 valence electrons. The summed E-state index contributed by atoms with van der Waals surface area (Å²) in [6, 6.07) is 2.32. The molecule has 0 radical (unpaired) electrons. The van der Waals surface area contributed by atoms with Crippen LogP contribution in [-0.2, 0) is 26.4 Å². The second kappa shape index (κ2) is 6.33.